The number of nitrogens with zero attached hydrogens (tertiary/aromatic N) is 4. The summed E-state index contributed by atoms with van der Waals surface area (Å²) in [5.74, 6) is -0.102. The molecule has 1 N–H and O–H groups in total. The molecule has 2 aliphatic heterocycles. The molecule has 0 radical (unpaired) electrons. The third-order valence-corrected chi connectivity index (χ3v) is 6.29. The number of thioether (sulfide) groups is 1. The molecular formula is C17H14N4O2S4. The second-order valence-electron chi connectivity index (χ2n) is 5.37. The minimum atomic E-state index is -0.171. The fourth-order valence-corrected chi connectivity index (χ4v) is 4.85. The van der Waals surface area contributed by atoms with Gasteiger partial charge in [0.05, 0.1) is 21.2 Å². The largest absolute Gasteiger partial charge is 0.493 e. The van der Waals surface area contributed by atoms with Crippen LogP contribution in [-0.4, -0.2) is 31.3 Å². The van der Waals surface area contributed by atoms with Crippen molar-refractivity contribution < 1.29 is 9.90 Å². The van der Waals surface area contributed by atoms with Gasteiger partial charge in [-0.05, 0) is 30.4 Å². The van der Waals surface area contributed by atoms with Gasteiger partial charge in [-0.25, -0.2) is 0 Å². The first-order valence-corrected chi connectivity index (χ1v) is 10.1. The summed E-state index contributed by atoms with van der Waals surface area (Å²) in [4.78, 5) is 14.9. The molecule has 0 spiro atoms. The molecule has 3 heterocycles. The zero-order chi connectivity index (χ0) is 19.6. The Bertz CT molecular complexity index is 1030. The molecule has 0 atom stereocenters. The molecule has 1 saturated heterocycles. The molecule has 1 fully saturated rings. The molecule has 2 aliphatic rings. The minimum Gasteiger partial charge on any atom is -0.493 e. The first-order valence-electron chi connectivity index (χ1n) is 7.69. The normalized spacial score (nSPS) is 19.4. The quantitative estimate of drug-likeness (QED) is 0.396. The van der Waals surface area contributed by atoms with Crippen molar-refractivity contribution >= 4 is 63.8 Å². The molecule has 0 aromatic carbocycles. The third kappa shape index (κ3) is 4.08. The van der Waals surface area contributed by atoms with Gasteiger partial charge in [-0.2, -0.15) is 10.2 Å². The lowest BCUT2D eigenvalue weighted by Gasteiger charge is -2.10. The lowest BCUT2D eigenvalue weighted by Crippen LogP contribution is -2.27. The molecule has 0 saturated carbocycles. The van der Waals surface area contributed by atoms with E-state index in [4.69, 9.17) is 24.4 Å². The number of rotatable bonds is 6. The highest BCUT2D eigenvalue weighted by Crippen LogP contribution is 2.34. The van der Waals surface area contributed by atoms with Gasteiger partial charge in [-0.1, -0.05) is 36.1 Å². The standard InChI is InChI=1S/C17H14N4O2S4/c1-3-5-20-14(22)12(26-16(20)24)8-10-7-11(19-18-10)9-13-15(23)21(6-4-2)17(25)27-13/h3-4,7-9,22H,1-2,5-6H2/b10-8+,13-9-. The summed E-state index contributed by atoms with van der Waals surface area (Å²) in [6, 6.07) is 0. The van der Waals surface area contributed by atoms with Gasteiger partial charge in [0.1, 0.15) is 4.32 Å². The molecule has 10 heteroatoms. The van der Waals surface area contributed by atoms with Crippen LogP contribution in [-0.2, 0) is 11.3 Å². The lowest BCUT2D eigenvalue weighted by atomic mass is 10.3. The smallest absolute Gasteiger partial charge is 0.266 e. The Balaban J connectivity index is 1.84. The van der Waals surface area contributed by atoms with Crippen LogP contribution in [0, 0.1) is 3.95 Å². The molecular weight excluding hydrogens is 420 g/mol. The number of thiazole rings is 1. The summed E-state index contributed by atoms with van der Waals surface area (Å²) in [7, 11) is 0. The van der Waals surface area contributed by atoms with Crippen molar-refractivity contribution in [3.8, 4) is 5.88 Å². The SMILES string of the molecule is C=CCN1C(=O)/C(=C/C2=CC(=C\c3sc(=S)n(CC=C)c3O)/N=N2)SC1=S. The third-order valence-electron chi connectivity index (χ3n) is 3.53. The number of thiocarbonyl (C=S) groups is 1. The topological polar surface area (TPSA) is 70.2 Å². The van der Waals surface area contributed by atoms with Crippen LogP contribution in [0.1, 0.15) is 4.88 Å². The van der Waals surface area contributed by atoms with E-state index in [0.29, 0.717) is 42.5 Å². The predicted octanol–water partition coefficient (Wildman–Crippen LogP) is 4.79. The number of hydrogen-bond acceptors (Lipinski definition) is 8. The Kier molecular flexibility index (Phi) is 6.00. The van der Waals surface area contributed by atoms with E-state index in [1.807, 2.05) is 0 Å². The van der Waals surface area contributed by atoms with E-state index in [0.717, 1.165) is 0 Å². The van der Waals surface area contributed by atoms with Crippen molar-refractivity contribution in [2.45, 2.75) is 6.54 Å². The predicted molar refractivity (Wildman–Crippen MR) is 116 cm³/mol. The number of amides is 1. The molecule has 0 unspecified atom stereocenters. The number of carbonyl (C=O) groups excluding carboxylic acids is 1. The zero-order valence-corrected chi connectivity index (χ0v) is 17.3. The maximum absolute atomic E-state index is 12.3. The van der Waals surface area contributed by atoms with E-state index in [1.165, 1.54) is 28.0 Å². The monoisotopic (exact) mass is 434 g/mol. The molecule has 0 bridgehead atoms. The summed E-state index contributed by atoms with van der Waals surface area (Å²) in [6.45, 7) is 8.09. The van der Waals surface area contributed by atoms with E-state index in [-0.39, 0.29) is 11.8 Å². The molecule has 1 amide bonds. The van der Waals surface area contributed by atoms with Crippen LogP contribution in [0.25, 0.3) is 6.08 Å². The van der Waals surface area contributed by atoms with Crippen LogP contribution in [0.15, 0.2) is 64.0 Å². The number of aromatic nitrogens is 1. The second kappa shape index (κ2) is 8.26. The lowest BCUT2D eigenvalue weighted by molar-refractivity contribution is -0.121. The maximum atomic E-state index is 12.3. The van der Waals surface area contributed by atoms with Crippen molar-refractivity contribution in [1.29, 1.82) is 0 Å². The Morgan fingerprint density at radius 2 is 1.93 bits per heavy atom. The minimum absolute atomic E-state index is 0.0692. The molecule has 1 aromatic rings. The Morgan fingerprint density at radius 3 is 2.63 bits per heavy atom. The van der Waals surface area contributed by atoms with Gasteiger partial charge in [0.25, 0.3) is 5.91 Å². The number of azo groups is 1. The summed E-state index contributed by atoms with van der Waals surface area (Å²) >= 11 is 12.9. The fourth-order valence-electron chi connectivity index (χ4n) is 2.32. The van der Waals surface area contributed by atoms with Crippen molar-refractivity contribution in [2.24, 2.45) is 10.2 Å². The summed E-state index contributed by atoms with van der Waals surface area (Å²) < 4.78 is 2.62. The van der Waals surface area contributed by atoms with Gasteiger partial charge in [-0.3, -0.25) is 14.3 Å². The molecule has 27 heavy (non-hydrogen) atoms. The van der Waals surface area contributed by atoms with Gasteiger partial charge in [0.15, 0.2) is 3.95 Å². The molecule has 3 rings (SSSR count). The van der Waals surface area contributed by atoms with Crippen LogP contribution in [0.5, 0.6) is 5.88 Å². The molecule has 6 nitrogen and oxygen atoms in total. The van der Waals surface area contributed by atoms with Gasteiger partial charge < -0.3 is 5.11 Å². The van der Waals surface area contributed by atoms with Gasteiger partial charge in [-0.15, -0.1) is 24.5 Å². The second-order valence-corrected chi connectivity index (χ2v) is 8.73. The van der Waals surface area contributed by atoms with Gasteiger partial charge >= 0.3 is 0 Å². The van der Waals surface area contributed by atoms with E-state index in [1.54, 1.807) is 34.9 Å². The number of hydrogen-bond donors (Lipinski definition) is 1. The fraction of sp³-hybridized carbons (Fsp3) is 0.118. The summed E-state index contributed by atoms with van der Waals surface area (Å²) in [5.41, 5.74) is 1.09. The van der Waals surface area contributed by atoms with Crippen LogP contribution in [0.2, 0.25) is 0 Å². The first-order chi connectivity index (χ1) is 12.9. The average Bonchev–Trinajstić information content (AvgIpc) is 3.25. The van der Waals surface area contributed by atoms with Crippen molar-refractivity contribution in [1.82, 2.24) is 9.47 Å². The maximum Gasteiger partial charge on any atom is 0.266 e. The van der Waals surface area contributed by atoms with E-state index >= 15 is 0 Å². The van der Waals surface area contributed by atoms with E-state index in [2.05, 4.69) is 23.4 Å². The molecule has 1 aromatic heterocycles. The van der Waals surface area contributed by atoms with Crippen LogP contribution in [0.3, 0.4) is 0 Å². The van der Waals surface area contributed by atoms with Gasteiger partial charge in [0, 0.05) is 13.1 Å². The highest BCUT2D eigenvalue weighted by molar-refractivity contribution is 8.26. The molecule has 0 aliphatic carbocycles. The first kappa shape index (κ1) is 19.6. The highest BCUT2D eigenvalue weighted by atomic mass is 32.2. The zero-order valence-electron chi connectivity index (χ0n) is 14.0. The van der Waals surface area contributed by atoms with Crippen molar-refractivity contribution in [3.63, 3.8) is 0 Å². The Hall–Kier alpha value is -2.14. The molecule has 138 valence electrons. The highest BCUT2D eigenvalue weighted by Gasteiger charge is 2.31. The van der Waals surface area contributed by atoms with E-state index < -0.39 is 0 Å². The Labute approximate surface area is 174 Å². The van der Waals surface area contributed by atoms with Crippen LogP contribution in [0.4, 0.5) is 0 Å². The summed E-state index contributed by atoms with van der Waals surface area (Å²) in [5, 5.41) is 18.4. The van der Waals surface area contributed by atoms with E-state index in [9.17, 15) is 9.90 Å². The number of aromatic hydroxyl groups is 1. The number of allylic oxidation sites excluding steroid dienone is 3. The number of carbonyl (C=O) groups is 1. The average molecular weight is 435 g/mol. The van der Waals surface area contributed by atoms with Crippen LogP contribution >= 0.6 is 47.5 Å². The summed E-state index contributed by atoms with van der Waals surface area (Å²) in [6.07, 6.45) is 8.36. The van der Waals surface area contributed by atoms with Crippen LogP contribution < -0.4 is 0 Å². The van der Waals surface area contributed by atoms with Crippen molar-refractivity contribution in [3.05, 3.63) is 62.6 Å². The Morgan fingerprint density at radius 1 is 1.19 bits per heavy atom. The van der Waals surface area contributed by atoms with Crippen molar-refractivity contribution in [2.75, 3.05) is 6.54 Å². The van der Waals surface area contributed by atoms with Gasteiger partial charge in [0.2, 0.25) is 5.88 Å².